The van der Waals surface area contributed by atoms with Gasteiger partial charge in [0.2, 0.25) is 0 Å². The fraction of sp³-hybridized carbons (Fsp3) is 0.158. The average Bonchev–Trinajstić information content (AvgIpc) is 2.59. The van der Waals surface area contributed by atoms with E-state index in [4.69, 9.17) is 14.9 Å². The van der Waals surface area contributed by atoms with Gasteiger partial charge in [-0.25, -0.2) is 9.59 Å². The predicted octanol–water partition coefficient (Wildman–Crippen LogP) is 2.65. The van der Waals surface area contributed by atoms with Gasteiger partial charge in [0.05, 0.1) is 0 Å². The van der Waals surface area contributed by atoms with E-state index in [-0.39, 0.29) is 22.6 Å². The van der Waals surface area contributed by atoms with E-state index < -0.39 is 28.9 Å². The second-order valence-corrected chi connectivity index (χ2v) is 6.42. The number of rotatable bonds is 4. The third-order valence-electron chi connectivity index (χ3n) is 4.44. The van der Waals surface area contributed by atoms with Crippen LogP contribution in [0.25, 0.3) is 0 Å². The Hall–Kier alpha value is -3.48. The van der Waals surface area contributed by atoms with E-state index in [2.05, 4.69) is 0 Å². The third-order valence-corrected chi connectivity index (χ3v) is 4.44. The summed E-state index contributed by atoms with van der Waals surface area (Å²) in [5.74, 6) is -4.70. The van der Waals surface area contributed by atoms with Crippen molar-refractivity contribution in [3.8, 4) is 11.5 Å². The van der Waals surface area contributed by atoms with Crippen LogP contribution < -0.4 is 4.74 Å². The Balaban J connectivity index is 2.12. The Morgan fingerprint density at radius 3 is 1.50 bits per heavy atom. The van der Waals surface area contributed by atoms with Gasteiger partial charge >= 0.3 is 11.9 Å². The maximum Gasteiger partial charge on any atom is 0.377 e. The highest BCUT2D eigenvalue weighted by Crippen LogP contribution is 2.48. The molecule has 0 fully saturated rings. The van der Waals surface area contributed by atoms with Crippen molar-refractivity contribution in [3.63, 3.8) is 0 Å². The van der Waals surface area contributed by atoms with Crippen molar-refractivity contribution in [1.29, 1.82) is 0 Å². The smallest absolute Gasteiger partial charge is 0.377 e. The molecule has 0 amide bonds. The Labute approximate surface area is 147 Å². The van der Waals surface area contributed by atoms with Crippen LogP contribution in [-0.4, -0.2) is 33.7 Å². The van der Waals surface area contributed by atoms with Crippen LogP contribution in [0.2, 0.25) is 0 Å². The molecule has 132 valence electrons. The SMILES string of the molecule is CC1(C)c2ccc(C(=O)C(=O)O)cc2Oc2cc(C(=O)C(=O)O)ccc21. The lowest BCUT2D eigenvalue weighted by Gasteiger charge is -2.34. The van der Waals surface area contributed by atoms with Gasteiger partial charge in [-0.1, -0.05) is 38.1 Å². The Kier molecular flexibility index (Phi) is 3.87. The molecular weight excluding hydrogens is 340 g/mol. The second kappa shape index (κ2) is 5.80. The number of fused-ring (bicyclic) bond motifs is 2. The molecule has 2 aromatic carbocycles. The lowest BCUT2D eigenvalue weighted by atomic mass is 9.75. The van der Waals surface area contributed by atoms with E-state index in [0.717, 1.165) is 11.1 Å². The fourth-order valence-corrected chi connectivity index (χ4v) is 3.04. The van der Waals surface area contributed by atoms with Crippen molar-refractivity contribution in [2.45, 2.75) is 19.3 Å². The molecule has 0 aromatic heterocycles. The highest BCUT2D eigenvalue weighted by atomic mass is 16.5. The highest BCUT2D eigenvalue weighted by Gasteiger charge is 2.35. The molecule has 0 saturated carbocycles. The molecule has 0 spiro atoms. The average molecular weight is 354 g/mol. The number of Topliss-reactive ketones (excluding diaryl/α,β-unsaturated/α-hetero) is 2. The lowest BCUT2D eigenvalue weighted by molar-refractivity contribution is -0.132. The van der Waals surface area contributed by atoms with E-state index in [1.54, 1.807) is 12.1 Å². The first-order chi connectivity index (χ1) is 12.1. The number of benzene rings is 2. The maximum absolute atomic E-state index is 11.7. The molecule has 0 radical (unpaired) electrons. The summed E-state index contributed by atoms with van der Waals surface area (Å²) in [5, 5.41) is 17.7. The van der Waals surface area contributed by atoms with Crippen molar-refractivity contribution in [1.82, 2.24) is 0 Å². The quantitative estimate of drug-likeness (QED) is 0.640. The van der Waals surface area contributed by atoms with E-state index in [0.29, 0.717) is 0 Å². The summed E-state index contributed by atoms with van der Waals surface area (Å²) in [7, 11) is 0. The summed E-state index contributed by atoms with van der Waals surface area (Å²) in [6, 6.07) is 8.78. The van der Waals surface area contributed by atoms with Gasteiger partial charge in [-0.05, 0) is 12.1 Å². The number of ketones is 2. The largest absolute Gasteiger partial charge is 0.475 e. The molecule has 0 unspecified atom stereocenters. The van der Waals surface area contributed by atoms with Crippen LogP contribution >= 0.6 is 0 Å². The van der Waals surface area contributed by atoms with Gasteiger partial charge in [-0.3, -0.25) is 9.59 Å². The van der Waals surface area contributed by atoms with Crippen molar-refractivity contribution in [2.75, 3.05) is 0 Å². The summed E-state index contributed by atoms with van der Waals surface area (Å²) in [4.78, 5) is 45.2. The van der Waals surface area contributed by atoms with Gasteiger partial charge in [0.25, 0.3) is 11.6 Å². The zero-order valence-corrected chi connectivity index (χ0v) is 13.9. The second-order valence-electron chi connectivity index (χ2n) is 6.42. The molecule has 2 N–H and O–H groups in total. The molecule has 1 aliphatic rings. The first kappa shape index (κ1) is 17.3. The standard InChI is InChI=1S/C19H14O7/c1-19(2)11-5-3-9(15(20)17(22)23)7-13(11)26-14-8-10(4-6-12(14)19)16(21)18(24)25/h3-8H,1-2H3,(H,22,23)(H,24,25). The molecule has 1 aliphatic heterocycles. The number of carbonyl (C=O) groups is 4. The monoisotopic (exact) mass is 354 g/mol. The van der Waals surface area contributed by atoms with Gasteiger partial charge in [-0.15, -0.1) is 0 Å². The van der Waals surface area contributed by atoms with Crippen molar-refractivity contribution >= 4 is 23.5 Å². The summed E-state index contributed by atoms with van der Waals surface area (Å²) in [6.45, 7) is 3.81. The summed E-state index contributed by atoms with van der Waals surface area (Å²) in [5.41, 5.74) is 0.855. The molecule has 3 rings (SSSR count). The van der Waals surface area contributed by atoms with Crippen molar-refractivity contribution in [2.24, 2.45) is 0 Å². The normalized spacial score (nSPS) is 13.8. The van der Waals surface area contributed by atoms with Crippen LogP contribution in [-0.2, 0) is 15.0 Å². The Morgan fingerprint density at radius 2 is 1.15 bits per heavy atom. The minimum absolute atomic E-state index is 0.0340. The van der Waals surface area contributed by atoms with Crippen LogP contribution in [0, 0.1) is 0 Å². The number of ether oxygens (including phenoxy) is 1. The van der Waals surface area contributed by atoms with E-state index in [1.807, 2.05) is 13.8 Å². The topological polar surface area (TPSA) is 118 Å². The third kappa shape index (κ3) is 2.63. The Bertz CT molecular complexity index is 908. The minimum atomic E-state index is -1.57. The van der Waals surface area contributed by atoms with Crippen LogP contribution in [0.15, 0.2) is 36.4 Å². The van der Waals surface area contributed by atoms with Crippen molar-refractivity contribution in [3.05, 3.63) is 58.7 Å². The predicted molar refractivity (Wildman–Crippen MR) is 89.0 cm³/mol. The molecule has 7 nitrogen and oxygen atoms in total. The molecule has 0 saturated heterocycles. The van der Waals surface area contributed by atoms with Crippen LogP contribution in [0.5, 0.6) is 11.5 Å². The number of aliphatic carboxylic acids is 2. The summed E-state index contributed by atoms with van der Waals surface area (Å²) in [6.07, 6.45) is 0. The Morgan fingerprint density at radius 1 is 0.769 bits per heavy atom. The molecule has 2 aromatic rings. The van der Waals surface area contributed by atoms with Crippen LogP contribution in [0.4, 0.5) is 0 Å². The van der Waals surface area contributed by atoms with Crippen LogP contribution in [0.3, 0.4) is 0 Å². The number of carboxylic acid groups (broad SMARTS) is 2. The molecular formula is C19H14O7. The van der Waals surface area contributed by atoms with E-state index in [9.17, 15) is 19.2 Å². The van der Waals surface area contributed by atoms with Crippen LogP contribution in [0.1, 0.15) is 45.7 Å². The molecule has 0 atom stereocenters. The molecule has 0 bridgehead atoms. The summed E-state index contributed by atoms with van der Waals surface area (Å²) >= 11 is 0. The number of hydrogen-bond acceptors (Lipinski definition) is 5. The molecule has 1 heterocycles. The summed E-state index contributed by atoms with van der Waals surface area (Å²) < 4.78 is 5.76. The van der Waals surface area contributed by atoms with Crippen molar-refractivity contribution < 1.29 is 34.1 Å². The fourth-order valence-electron chi connectivity index (χ4n) is 3.04. The number of carboxylic acids is 2. The molecule has 0 aliphatic carbocycles. The lowest BCUT2D eigenvalue weighted by Crippen LogP contribution is -2.25. The first-order valence-electron chi connectivity index (χ1n) is 7.65. The first-order valence-corrected chi connectivity index (χ1v) is 7.65. The molecule has 7 heteroatoms. The van der Waals surface area contributed by atoms with E-state index >= 15 is 0 Å². The number of hydrogen-bond donors (Lipinski definition) is 2. The minimum Gasteiger partial charge on any atom is -0.475 e. The number of carbonyl (C=O) groups excluding carboxylic acids is 2. The van der Waals surface area contributed by atoms with Gasteiger partial charge < -0.3 is 14.9 Å². The zero-order valence-electron chi connectivity index (χ0n) is 13.9. The maximum atomic E-state index is 11.7. The van der Waals surface area contributed by atoms with Gasteiger partial charge in [0.1, 0.15) is 11.5 Å². The van der Waals surface area contributed by atoms with E-state index in [1.165, 1.54) is 24.3 Å². The van der Waals surface area contributed by atoms with Gasteiger partial charge in [0, 0.05) is 27.7 Å². The van der Waals surface area contributed by atoms with Gasteiger partial charge in [-0.2, -0.15) is 0 Å². The molecule has 26 heavy (non-hydrogen) atoms. The van der Waals surface area contributed by atoms with Gasteiger partial charge in [0.15, 0.2) is 0 Å². The zero-order chi connectivity index (χ0) is 19.2. The highest BCUT2D eigenvalue weighted by molar-refractivity contribution is 6.40.